The number of hydrogen-bond acceptors (Lipinski definition) is 2. The third-order valence-electron chi connectivity index (χ3n) is 1.89. The molecule has 1 rings (SSSR count). The van der Waals surface area contributed by atoms with E-state index in [1.54, 1.807) is 4.90 Å². The van der Waals surface area contributed by atoms with Crippen LogP contribution < -0.4 is 4.90 Å². The molecule has 0 aromatic rings. The van der Waals surface area contributed by atoms with Crippen molar-refractivity contribution in [2.45, 2.75) is 13.3 Å². The minimum atomic E-state index is -10.2. The van der Waals surface area contributed by atoms with Crippen LogP contribution in [0.2, 0.25) is 0 Å². The number of halogens is 5. The van der Waals surface area contributed by atoms with Gasteiger partial charge in [-0.2, -0.15) is 0 Å². The highest BCUT2D eigenvalue weighted by Crippen LogP contribution is 2.94. The number of quaternary nitrogens is 1. The van der Waals surface area contributed by atoms with E-state index in [0.717, 1.165) is 0 Å². The lowest BCUT2D eigenvalue weighted by Crippen LogP contribution is -3.07. The molecule has 0 aromatic heterocycles. The van der Waals surface area contributed by atoms with Crippen LogP contribution in [0.4, 0.5) is 19.4 Å². The quantitative estimate of drug-likeness (QED) is 0.774. The fourth-order valence-electron chi connectivity index (χ4n) is 1.40. The van der Waals surface area contributed by atoms with Crippen molar-refractivity contribution in [3.8, 4) is 0 Å². The number of nitrogens with one attached hydrogen (secondary N) is 1. The molecule has 1 N–H and O–H groups in total. The zero-order valence-electron chi connectivity index (χ0n) is 9.19. The molecule has 3 nitrogen and oxygen atoms in total. The molecule has 1 aliphatic heterocycles. The summed E-state index contributed by atoms with van der Waals surface area (Å²) in [7, 11) is -7.96. The summed E-state index contributed by atoms with van der Waals surface area (Å²) >= 11 is 0. The first-order valence-electron chi connectivity index (χ1n) is 4.80. The molecule has 16 heavy (non-hydrogen) atoms. The SMILES string of the molecule is CCCN1CC[NH+](C)C1.[O-]S(F)(F)(F)(F)F. The third-order valence-corrected chi connectivity index (χ3v) is 1.89. The predicted octanol–water partition coefficient (Wildman–Crippen LogP) is 1.60. The van der Waals surface area contributed by atoms with Crippen LogP contribution in [0.15, 0.2) is 0 Å². The Labute approximate surface area is 91.8 Å². The first-order valence-corrected chi connectivity index (χ1v) is 6.68. The summed E-state index contributed by atoms with van der Waals surface area (Å²) in [4.78, 5) is 4.18. The van der Waals surface area contributed by atoms with Gasteiger partial charge in [-0.1, -0.05) is 6.92 Å². The highest BCUT2D eigenvalue weighted by molar-refractivity contribution is 8.41. The van der Waals surface area contributed by atoms with Crippen molar-refractivity contribution < 1.29 is 28.9 Å². The lowest BCUT2D eigenvalue weighted by Gasteiger charge is -2.45. The van der Waals surface area contributed by atoms with Gasteiger partial charge in [0.1, 0.15) is 6.67 Å². The Morgan fingerprint density at radius 1 is 1.25 bits per heavy atom. The van der Waals surface area contributed by atoms with Gasteiger partial charge in [-0.05, 0) is 6.42 Å². The van der Waals surface area contributed by atoms with Gasteiger partial charge in [0.15, 0.2) is 0 Å². The fourth-order valence-corrected chi connectivity index (χ4v) is 1.40. The van der Waals surface area contributed by atoms with E-state index in [1.807, 2.05) is 0 Å². The molecular formula is C7H17F5N2OS. The van der Waals surface area contributed by atoms with Crippen molar-refractivity contribution in [3.05, 3.63) is 0 Å². The molecule has 1 heterocycles. The molecule has 1 saturated heterocycles. The molecule has 0 saturated carbocycles. The Hall–Kier alpha value is -0.120. The minimum Gasteiger partial charge on any atom is -0.713 e. The summed E-state index contributed by atoms with van der Waals surface area (Å²) in [5.41, 5.74) is 0. The van der Waals surface area contributed by atoms with Gasteiger partial charge in [-0.25, -0.2) is 0 Å². The Balaban J connectivity index is 0.000000293. The Kier molecular flexibility index (Phi) is 4.25. The largest absolute Gasteiger partial charge is 0.713 e. The molecule has 0 spiro atoms. The zero-order valence-corrected chi connectivity index (χ0v) is 10.0. The minimum absolute atomic E-state index is 1.26. The van der Waals surface area contributed by atoms with Crippen molar-refractivity contribution in [2.24, 2.45) is 0 Å². The van der Waals surface area contributed by atoms with Crippen LogP contribution >= 0.6 is 10.5 Å². The second-order valence-electron chi connectivity index (χ2n) is 3.88. The Morgan fingerprint density at radius 3 is 1.94 bits per heavy atom. The summed E-state index contributed by atoms with van der Waals surface area (Å²) in [6.07, 6.45) is 1.30. The summed E-state index contributed by atoms with van der Waals surface area (Å²) in [6, 6.07) is 0. The van der Waals surface area contributed by atoms with Gasteiger partial charge in [0, 0.05) is 6.54 Å². The lowest BCUT2D eigenvalue weighted by molar-refractivity contribution is -0.870. The van der Waals surface area contributed by atoms with Crippen LogP contribution in [-0.2, 0) is 0 Å². The van der Waals surface area contributed by atoms with Crippen molar-refractivity contribution in [1.29, 1.82) is 0 Å². The molecular weight excluding hydrogens is 255 g/mol. The average Bonchev–Trinajstić information content (AvgIpc) is 2.29. The van der Waals surface area contributed by atoms with Crippen LogP contribution in [0, 0.1) is 0 Å². The van der Waals surface area contributed by atoms with E-state index < -0.39 is 10.5 Å². The topological polar surface area (TPSA) is 30.7 Å². The molecule has 1 aliphatic rings. The molecule has 1 fully saturated rings. The molecule has 0 aromatic carbocycles. The van der Waals surface area contributed by atoms with Gasteiger partial charge >= 0.3 is 0 Å². The number of rotatable bonds is 2. The molecule has 1 unspecified atom stereocenters. The summed E-state index contributed by atoms with van der Waals surface area (Å²) in [6.45, 7) is 7.43. The summed E-state index contributed by atoms with van der Waals surface area (Å²) in [5.74, 6) is 0. The van der Waals surface area contributed by atoms with E-state index >= 15 is 0 Å². The second-order valence-corrected chi connectivity index (χ2v) is 5.68. The molecule has 0 amide bonds. The van der Waals surface area contributed by atoms with Crippen LogP contribution in [0.5, 0.6) is 0 Å². The molecule has 1 atom stereocenters. The predicted molar refractivity (Wildman–Crippen MR) is 52.4 cm³/mol. The van der Waals surface area contributed by atoms with Crippen LogP contribution in [0.3, 0.4) is 0 Å². The van der Waals surface area contributed by atoms with Crippen molar-refractivity contribution >= 4 is 10.5 Å². The maximum Gasteiger partial charge on any atom is 0.251 e. The average molecular weight is 272 g/mol. The monoisotopic (exact) mass is 272 g/mol. The summed E-state index contributed by atoms with van der Waals surface area (Å²) in [5, 5.41) is 0. The van der Waals surface area contributed by atoms with Gasteiger partial charge < -0.3 is 9.45 Å². The van der Waals surface area contributed by atoms with Crippen LogP contribution in [-0.4, -0.2) is 42.8 Å². The van der Waals surface area contributed by atoms with Crippen molar-refractivity contribution in [1.82, 2.24) is 4.90 Å². The van der Waals surface area contributed by atoms with Crippen molar-refractivity contribution in [3.63, 3.8) is 0 Å². The fraction of sp³-hybridized carbons (Fsp3) is 1.00. The van der Waals surface area contributed by atoms with Gasteiger partial charge in [-0.15, -0.1) is 19.4 Å². The van der Waals surface area contributed by atoms with Crippen molar-refractivity contribution in [2.75, 3.05) is 33.4 Å². The van der Waals surface area contributed by atoms with Crippen LogP contribution in [0.25, 0.3) is 0 Å². The number of nitrogens with zero attached hydrogens (tertiary/aromatic N) is 1. The second kappa shape index (κ2) is 4.28. The third kappa shape index (κ3) is 16.3. The van der Waals surface area contributed by atoms with Gasteiger partial charge in [0.05, 0.1) is 20.1 Å². The van der Waals surface area contributed by atoms with E-state index in [1.165, 1.54) is 32.7 Å². The Bertz CT molecular complexity index is 215. The number of hydrogen-bond donors (Lipinski definition) is 1. The summed E-state index contributed by atoms with van der Waals surface area (Å²) < 4.78 is 57.8. The zero-order chi connectivity index (χ0) is 13.1. The molecule has 0 bridgehead atoms. The molecule has 9 heteroatoms. The molecule has 0 radical (unpaired) electrons. The van der Waals surface area contributed by atoms with E-state index in [2.05, 4.69) is 18.9 Å². The van der Waals surface area contributed by atoms with E-state index in [4.69, 9.17) is 4.55 Å². The number of likely N-dealkylation sites (N-methyl/N-ethyl adjacent to an activating group) is 1. The smallest absolute Gasteiger partial charge is 0.251 e. The van der Waals surface area contributed by atoms with E-state index in [-0.39, 0.29) is 0 Å². The molecule has 102 valence electrons. The lowest BCUT2D eigenvalue weighted by atomic mass is 10.4. The highest BCUT2D eigenvalue weighted by atomic mass is 32.5. The molecule has 0 aliphatic carbocycles. The maximum atomic E-state index is 9.96. The van der Waals surface area contributed by atoms with E-state index in [0.29, 0.717) is 0 Å². The standard InChI is InChI=1S/C7H16N2.F5HOS/c1-3-4-9-6-5-8(2)7-9;1-7(2,3,4,5)6/h3-7H2,1-2H3;6H. The maximum absolute atomic E-state index is 10.2. The van der Waals surface area contributed by atoms with Gasteiger partial charge in [0.25, 0.3) is 10.5 Å². The van der Waals surface area contributed by atoms with Gasteiger partial charge in [0.2, 0.25) is 0 Å². The van der Waals surface area contributed by atoms with Gasteiger partial charge in [-0.3, -0.25) is 4.90 Å². The first-order chi connectivity index (χ1) is 6.78. The van der Waals surface area contributed by atoms with E-state index in [9.17, 15) is 19.4 Å². The van der Waals surface area contributed by atoms with Crippen LogP contribution in [0.1, 0.15) is 13.3 Å². The first kappa shape index (κ1) is 15.9. The normalized spacial score (nSPS) is 26.6. The Morgan fingerprint density at radius 2 is 1.69 bits per heavy atom. The highest BCUT2D eigenvalue weighted by Gasteiger charge is 2.49.